The van der Waals surface area contributed by atoms with Crippen molar-refractivity contribution < 1.29 is 15.0 Å². The quantitative estimate of drug-likeness (QED) is 0.690. The Kier molecular flexibility index (Phi) is 2.75. The average Bonchev–Trinajstić information content (AvgIpc) is 2.79. The summed E-state index contributed by atoms with van der Waals surface area (Å²) >= 11 is 0. The number of phenols is 2. The maximum atomic E-state index is 12.4. The smallest absolute Gasteiger partial charge is 0.254 e. The Morgan fingerprint density at radius 1 is 1.00 bits per heavy atom. The van der Waals surface area contributed by atoms with Crippen molar-refractivity contribution in [3.63, 3.8) is 0 Å². The first-order chi connectivity index (χ1) is 9.52. The Balaban J connectivity index is 1.87. The molecule has 1 aliphatic heterocycles. The molecule has 0 unspecified atom stereocenters. The number of rotatable bonds is 1. The third kappa shape index (κ3) is 2.14. The zero-order chi connectivity index (χ0) is 14.3. The number of hydrogen-bond donors (Lipinski definition) is 3. The van der Waals surface area contributed by atoms with Crippen LogP contribution in [0.15, 0.2) is 36.4 Å². The van der Waals surface area contributed by atoms with Gasteiger partial charge in [-0.25, -0.2) is 0 Å². The van der Waals surface area contributed by atoms with E-state index in [4.69, 9.17) is 5.73 Å². The summed E-state index contributed by atoms with van der Waals surface area (Å²) in [5.41, 5.74) is 8.77. The molecule has 0 saturated heterocycles. The molecular weight excluding hydrogens is 256 g/mol. The second-order valence-electron chi connectivity index (χ2n) is 4.93. The molecule has 1 amide bonds. The van der Waals surface area contributed by atoms with Crippen LogP contribution in [0.1, 0.15) is 21.5 Å². The molecular formula is C15H14N2O3. The van der Waals surface area contributed by atoms with E-state index in [1.807, 2.05) is 18.2 Å². The summed E-state index contributed by atoms with van der Waals surface area (Å²) in [5, 5.41) is 18.9. The Hall–Kier alpha value is -2.69. The fraction of sp³-hybridized carbons (Fsp3) is 0.133. The minimum absolute atomic E-state index is 0.130. The van der Waals surface area contributed by atoms with E-state index in [2.05, 4.69) is 0 Å². The lowest BCUT2D eigenvalue weighted by molar-refractivity contribution is 0.0750. The Morgan fingerprint density at radius 3 is 2.35 bits per heavy atom. The molecule has 0 saturated carbocycles. The van der Waals surface area contributed by atoms with Crippen LogP contribution in [-0.4, -0.2) is 21.0 Å². The van der Waals surface area contributed by atoms with E-state index in [9.17, 15) is 15.0 Å². The van der Waals surface area contributed by atoms with Crippen LogP contribution in [0.5, 0.6) is 11.5 Å². The Bertz CT molecular complexity index is 677. The molecule has 0 fully saturated rings. The van der Waals surface area contributed by atoms with Crippen LogP contribution in [-0.2, 0) is 13.1 Å². The molecule has 1 aliphatic rings. The first kappa shape index (κ1) is 12.3. The largest absolute Gasteiger partial charge is 0.508 e. The highest BCUT2D eigenvalue weighted by molar-refractivity contribution is 5.95. The number of nitrogens with two attached hydrogens (primary N) is 1. The van der Waals surface area contributed by atoms with Gasteiger partial charge in [0.1, 0.15) is 11.5 Å². The molecule has 1 heterocycles. The fourth-order valence-corrected chi connectivity index (χ4v) is 2.46. The lowest BCUT2D eigenvalue weighted by atomic mass is 10.1. The van der Waals surface area contributed by atoms with E-state index in [0.717, 1.165) is 11.1 Å². The van der Waals surface area contributed by atoms with Gasteiger partial charge in [0.15, 0.2) is 0 Å². The zero-order valence-corrected chi connectivity index (χ0v) is 10.7. The highest BCUT2D eigenvalue weighted by Gasteiger charge is 2.24. The standard InChI is InChI=1S/C15H14N2O3/c16-12-2-1-9-7-17(8-11(9)3-12)15(20)10-4-13(18)6-14(19)5-10/h1-6,18-19H,7-8,16H2. The maximum Gasteiger partial charge on any atom is 0.254 e. The summed E-state index contributed by atoms with van der Waals surface area (Å²) in [7, 11) is 0. The number of amides is 1. The van der Waals surface area contributed by atoms with Gasteiger partial charge in [0.05, 0.1) is 0 Å². The molecule has 0 spiro atoms. The fourth-order valence-electron chi connectivity index (χ4n) is 2.46. The Morgan fingerprint density at radius 2 is 1.65 bits per heavy atom. The number of fused-ring (bicyclic) bond motifs is 1. The second kappa shape index (κ2) is 4.45. The van der Waals surface area contributed by atoms with Crippen LogP contribution in [0.2, 0.25) is 0 Å². The Labute approximate surface area is 115 Å². The SMILES string of the molecule is Nc1ccc2c(c1)CN(C(=O)c1cc(O)cc(O)c1)C2. The van der Waals surface area contributed by atoms with Crippen molar-refractivity contribution in [2.75, 3.05) is 5.73 Å². The van der Waals surface area contributed by atoms with Crippen molar-refractivity contribution in [3.8, 4) is 11.5 Å². The number of carbonyl (C=O) groups is 1. The molecule has 20 heavy (non-hydrogen) atoms. The summed E-state index contributed by atoms with van der Waals surface area (Å²) in [4.78, 5) is 14.0. The van der Waals surface area contributed by atoms with Gasteiger partial charge >= 0.3 is 0 Å². The molecule has 0 atom stereocenters. The third-order valence-corrected chi connectivity index (χ3v) is 3.39. The lowest BCUT2D eigenvalue weighted by Crippen LogP contribution is -2.25. The molecule has 0 aliphatic carbocycles. The summed E-state index contributed by atoms with van der Waals surface area (Å²) in [6, 6.07) is 9.47. The lowest BCUT2D eigenvalue weighted by Gasteiger charge is -2.15. The second-order valence-corrected chi connectivity index (χ2v) is 4.93. The van der Waals surface area contributed by atoms with E-state index in [-0.39, 0.29) is 23.0 Å². The first-order valence-corrected chi connectivity index (χ1v) is 6.22. The van der Waals surface area contributed by atoms with Crippen molar-refractivity contribution in [1.29, 1.82) is 0 Å². The van der Waals surface area contributed by atoms with Crippen molar-refractivity contribution in [2.24, 2.45) is 0 Å². The number of phenolic OH excluding ortho intramolecular Hbond substituents is 2. The number of aromatic hydroxyl groups is 2. The van der Waals surface area contributed by atoms with Gasteiger partial charge in [-0.15, -0.1) is 0 Å². The van der Waals surface area contributed by atoms with Crippen molar-refractivity contribution >= 4 is 11.6 Å². The number of nitrogen functional groups attached to an aromatic ring is 1. The van der Waals surface area contributed by atoms with Gasteiger partial charge in [0.2, 0.25) is 0 Å². The number of hydrogen-bond acceptors (Lipinski definition) is 4. The van der Waals surface area contributed by atoms with E-state index in [1.165, 1.54) is 18.2 Å². The number of benzene rings is 2. The van der Waals surface area contributed by atoms with Crippen LogP contribution in [0.3, 0.4) is 0 Å². The summed E-state index contributed by atoms with van der Waals surface area (Å²) in [6.07, 6.45) is 0. The summed E-state index contributed by atoms with van der Waals surface area (Å²) in [6.45, 7) is 0.987. The van der Waals surface area contributed by atoms with Gasteiger partial charge in [-0.1, -0.05) is 6.07 Å². The molecule has 5 heteroatoms. The molecule has 0 radical (unpaired) electrons. The van der Waals surface area contributed by atoms with Gasteiger partial charge in [-0.05, 0) is 35.4 Å². The predicted octanol–water partition coefficient (Wildman–Crippen LogP) is 1.84. The zero-order valence-electron chi connectivity index (χ0n) is 10.7. The monoisotopic (exact) mass is 270 g/mol. The number of anilines is 1. The highest BCUT2D eigenvalue weighted by Crippen LogP contribution is 2.28. The van der Waals surface area contributed by atoms with Crippen LogP contribution < -0.4 is 5.73 Å². The minimum atomic E-state index is -0.231. The molecule has 2 aromatic carbocycles. The number of nitrogens with zero attached hydrogens (tertiary/aromatic N) is 1. The van der Waals surface area contributed by atoms with Crippen LogP contribution >= 0.6 is 0 Å². The molecule has 5 nitrogen and oxygen atoms in total. The summed E-state index contributed by atoms with van der Waals surface area (Å²) < 4.78 is 0. The van der Waals surface area contributed by atoms with E-state index in [1.54, 1.807) is 4.90 Å². The summed E-state index contributed by atoms with van der Waals surface area (Å²) in [5.74, 6) is -0.491. The van der Waals surface area contributed by atoms with Gasteiger partial charge in [-0.3, -0.25) is 4.79 Å². The van der Waals surface area contributed by atoms with Gasteiger partial charge in [-0.2, -0.15) is 0 Å². The topological polar surface area (TPSA) is 86.8 Å². The average molecular weight is 270 g/mol. The third-order valence-electron chi connectivity index (χ3n) is 3.39. The minimum Gasteiger partial charge on any atom is -0.508 e. The molecule has 2 aromatic rings. The molecule has 0 aromatic heterocycles. The van der Waals surface area contributed by atoms with E-state index < -0.39 is 0 Å². The molecule has 102 valence electrons. The van der Waals surface area contributed by atoms with Crippen LogP contribution in [0, 0.1) is 0 Å². The van der Waals surface area contributed by atoms with Crippen LogP contribution in [0.4, 0.5) is 5.69 Å². The maximum absolute atomic E-state index is 12.4. The van der Waals surface area contributed by atoms with Crippen molar-refractivity contribution in [1.82, 2.24) is 4.90 Å². The van der Waals surface area contributed by atoms with Crippen molar-refractivity contribution in [3.05, 3.63) is 53.1 Å². The van der Waals surface area contributed by atoms with Crippen molar-refractivity contribution in [2.45, 2.75) is 13.1 Å². The van der Waals surface area contributed by atoms with Gasteiger partial charge in [0.25, 0.3) is 5.91 Å². The molecule has 4 N–H and O–H groups in total. The molecule has 3 rings (SSSR count). The number of carbonyl (C=O) groups excluding carboxylic acids is 1. The van der Waals surface area contributed by atoms with Gasteiger partial charge in [0, 0.05) is 30.4 Å². The van der Waals surface area contributed by atoms with E-state index in [0.29, 0.717) is 18.8 Å². The van der Waals surface area contributed by atoms with Gasteiger partial charge < -0.3 is 20.8 Å². The normalized spacial score (nSPS) is 13.3. The highest BCUT2D eigenvalue weighted by atomic mass is 16.3. The molecule has 0 bridgehead atoms. The predicted molar refractivity (Wildman–Crippen MR) is 74.2 cm³/mol. The first-order valence-electron chi connectivity index (χ1n) is 6.22. The van der Waals surface area contributed by atoms with Crippen LogP contribution in [0.25, 0.3) is 0 Å². The van der Waals surface area contributed by atoms with E-state index >= 15 is 0 Å².